The number of allylic oxidation sites excluding steroid dienone is 1. The zero-order valence-corrected chi connectivity index (χ0v) is 11.2. The third-order valence-electron chi connectivity index (χ3n) is 2.71. The standard InChI is InChI=1S/C11H20N2O.C2H6/c1-9(2)4-5-11(14)13-7-6-10(8-13)12-3;1-2/h10,12H,1,4-8H2,2-3H3;1-2H3. The lowest BCUT2D eigenvalue weighted by molar-refractivity contribution is -0.130. The lowest BCUT2D eigenvalue weighted by Gasteiger charge is -2.16. The molecule has 0 aromatic heterocycles. The Morgan fingerprint density at radius 3 is 2.50 bits per heavy atom. The summed E-state index contributed by atoms with van der Waals surface area (Å²) in [7, 11) is 1.95. The molecule has 3 nitrogen and oxygen atoms in total. The highest BCUT2D eigenvalue weighted by Gasteiger charge is 2.24. The van der Waals surface area contributed by atoms with Crippen LogP contribution in [0.25, 0.3) is 0 Å². The Kier molecular flexibility index (Phi) is 7.90. The molecule has 1 N–H and O–H groups in total. The molecule has 3 heteroatoms. The number of hydrogen-bond acceptors (Lipinski definition) is 2. The molecule has 1 rings (SSSR count). The molecule has 1 unspecified atom stereocenters. The second-order valence-electron chi connectivity index (χ2n) is 4.07. The number of nitrogens with one attached hydrogen (secondary N) is 1. The van der Waals surface area contributed by atoms with Gasteiger partial charge in [0, 0.05) is 25.6 Å². The first-order chi connectivity index (χ1) is 7.63. The van der Waals surface area contributed by atoms with E-state index in [1.165, 1.54) is 0 Å². The van der Waals surface area contributed by atoms with Gasteiger partial charge in [-0.05, 0) is 26.8 Å². The molecular weight excluding hydrogens is 200 g/mol. The van der Waals surface area contributed by atoms with Crippen LogP contribution < -0.4 is 5.32 Å². The van der Waals surface area contributed by atoms with Gasteiger partial charge in [0.25, 0.3) is 0 Å². The highest BCUT2D eigenvalue weighted by molar-refractivity contribution is 5.76. The topological polar surface area (TPSA) is 32.3 Å². The number of carbonyl (C=O) groups is 1. The van der Waals surface area contributed by atoms with Crippen molar-refractivity contribution in [3.05, 3.63) is 12.2 Å². The minimum absolute atomic E-state index is 0.269. The van der Waals surface area contributed by atoms with Crippen molar-refractivity contribution < 1.29 is 4.79 Å². The normalized spacial score (nSPS) is 19.0. The van der Waals surface area contributed by atoms with Gasteiger partial charge in [0.05, 0.1) is 0 Å². The Morgan fingerprint density at radius 2 is 2.06 bits per heavy atom. The molecule has 1 aliphatic heterocycles. The van der Waals surface area contributed by atoms with Crippen molar-refractivity contribution in [3.63, 3.8) is 0 Å². The van der Waals surface area contributed by atoms with Crippen LogP contribution in [0.1, 0.15) is 40.0 Å². The van der Waals surface area contributed by atoms with Gasteiger partial charge in [-0.3, -0.25) is 4.79 Å². The van der Waals surface area contributed by atoms with Crippen LogP contribution in [0, 0.1) is 0 Å². The zero-order chi connectivity index (χ0) is 12.6. The molecule has 1 heterocycles. The van der Waals surface area contributed by atoms with Crippen LogP contribution in [0.4, 0.5) is 0 Å². The van der Waals surface area contributed by atoms with Gasteiger partial charge < -0.3 is 10.2 Å². The molecule has 0 aromatic carbocycles. The number of nitrogens with zero attached hydrogens (tertiary/aromatic N) is 1. The van der Waals surface area contributed by atoms with Crippen molar-refractivity contribution in [2.45, 2.75) is 46.1 Å². The minimum Gasteiger partial charge on any atom is -0.341 e. The molecule has 0 aromatic rings. The quantitative estimate of drug-likeness (QED) is 0.745. The van der Waals surface area contributed by atoms with E-state index in [1.807, 2.05) is 32.7 Å². The number of carbonyl (C=O) groups excluding carboxylic acids is 1. The predicted molar refractivity (Wildman–Crippen MR) is 69.4 cm³/mol. The van der Waals surface area contributed by atoms with Crippen molar-refractivity contribution in [2.75, 3.05) is 20.1 Å². The second-order valence-corrected chi connectivity index (χ2v) is 4.07. The third kappa shape index (κ3) is 5.31. The lowest BCUT2D eigenvalue weighted by atomic mass is 10.2. The van der Waals surface area contributed by atoms with E-state index >= 15 is 0 Å². The van der Waals surface area contributed by atoms with Crippen molar-refractivity contribution in [1.82, 2.24) is 10.2 Å². The van der Waals surface area contributed by atoms with Crippen molar-refractivity contribution in [1.29, 1.82) is 0 Å². The van der Waals surface area contributed by atoms with E-state index in [4.69, 9.17) is 0 Å². The van der Waals surface area contributed by atoms with Crippen LogP contribution in [-0.4, -0.2) is 37.0 Å². The van der Waals surface area contributed by atoms with Crippen molar-refractivity contribution in [2.24, 2.45) is 0 Å². The Morgan fingerprint density at radius 1 is 1.44 bits per heavy atom. The predicted octanol–water partition coefficient (Wildman–Crippen LogP) is 2.19. The summed E-state index contributed by atoms with van der Waals surface area (Å²) in [6, 6.07) is 0.490. The van der Waals surface area contributed by atoms with Gasteiger partial charge in [-0.25, -0.2) is 0 Å². The molecule has 0 aliphatic carbocycles. The van der Waals surface area contributed by atoms with Crippen molar-refractivity contribution >= 4 is 5.91 Å². The molecular formula is C13H26N2O. The summed E-state index contributed by atoms with van der Waals surface area (Å²) < 4.78 is 0. The Balaban J connectivity index is 0.00000106. The van der Waals surface area contributed by atoms with E-state index in [-0.39, 0.29) is 5.91 Å². The molecule has 0 radical (unpaired) electrons. The van der Waals surface area contributed by atoms with Crippen molar-refractivity contribution in [3.8, 4) is 0 Å². The molecule has 1 saturated heterocycles. The van der Waals surface area contributed by atoms with Gasteiger partial charge >= 0.3 is 0 Å². The van der Waals surface area contributed by atoms with E-state index in [1.54, 1.807) is 0 Å². The van der Waals surface area contributed by atoms with E-state index in [0.717, 1.165) is 31.5 Å². The highest BCUT2D eigenvalue weighted by atomic mass is 16.2. The molecule has 1 fully saturated rings. The summed E-state index contributed by atoms with van der Waals surface area (Å²) in [4.78, 5) is 13.6. The summed E-state index contributed by atoms with van der Waals surface area (Å²) in [6.45, 7) is 11.5. The number of rotatable bonds is 4. The summed E-state index contributed by atoms with van der Waals surface area (Å²) >= 11 is 0. The number of hydrogen-bond donors (Lipinski definition) is 1. The van der Waals surface area contributed by atoms with E-state index in [2.05, 4.69) is 11.9 Å². The molecule has 0 spiro atoms. The van der Waals surface area contributed by atoms with Crippen LogP contribution >= 0.6 is 0 Å². The van der Waals surface area contributed by atoms with Crippen LogP contribution in [0.5, 0.6) is 0 Å². The van der Waals surface area contributed by atoms with Gasteiger partial charge in [0.2, 0.25) is 5.91 Å². The number of likely N-dealkylation sites (N-methyl/N-ethyl adjacent to an activating group) is 1. The Labute approximate surface area is 99.9 Å². The van der Waals surface area contributed by atoms with Crippen LogP contribution in [-0.2, 0) is 4.79 Å². The largest absolute Gasteiger partial charge is 0.341 e. The first-order valence-corrected chi connectivity index (χ1v) is 6.23. The van der Waals surface area contributed by atoms with Crippen LogP contribution in [0.2, 0.25) is 0 Å². The highest BCUT2D eigenvalue weighted by Crippen LogP contribution is 2.12. The van der Waals surface area contributed by atoms with E-state index < -0.39 is 0 Å². The molecule has 0 bridgehead atoms. The second kappa shape index (κ2) is 8.34. The molecule has 16 heavy (non-hydrogen) atoms. The summed E-state index contributed by atoms with van der Waals surface area (Å²) in [5, 5.41) is 3.20. The lowest BCUT2D eigenvalue weighted by Crippen LogP contribution is -2.33. The minimum atomic E-state index is 0.269. The smallest absolute Gasteiger partial charge is 0.222 e. The third-order valence-corrected chi connectivity index (χ3v) is 2.71. The number of amides is 1. The van der Waals surface area contributed by atoms with E-state index in [0.29, 0.717) is 12.5 Å². The zero-order valence-electron chi connectivity index (χ0n) is 11.2. The molecule has 1 amide bonds. The maximum atomic E-state index is 11.7. The first kappa shape index (κ1) is 15.2. The van der Waals surface area contributed by atoms with Gasteiger partial charge in [-0.15, -0.1) is 6.58 Å². The molecule has 1 atom stereocenters. The van der Waals surface area contributed by atoms with E-state index in [9.17, 15) is 4.79 Å². The van der Waals surface area contributed by atoms with Gasteiger partial charge in [0.1, 0.15) is 0 Å². The molecule has 1 aliphatic rings. The fraction of sp³-hybridized carbons (Fsp3) is 0.769. The van der Waals surface area contributed by atoms with Gasteiger partial charge in [-0.2, -0.15) is 0 Å². The average Bonchev–Trinajstić information content (AvgIpc) is 2.77. The maximum Gasteiger partial charge on any atom is 0.222 e. The summed E-state index contributed by atoms with van der Waals surface area (Å²) in [5.41, 5.74) is 1.09. The number of likely N-dealkylation sites (tertiary alicyclic amines) is 1. The van der Waals surface area contributed by atoms with Gasteiger partial charge in [-0.1, -0.05) is 19.4 Å². The molecule has 94 valence electrons. The molecule has 0 saturated carbocycles. The monoisotopic (exact) mass is 226 g/mol. The maximum absolute atomic E-state index is 11.7. The average molecular weight is 226 g/mol. The van der Waals surface area contributed by atoms with Gasteiger partial charge in [0.15, 0.2) is 0 Å². The summed E-state index contributed by atoms with van der Waals surface area (Å²) in [5.74, 6) is 0.269. The Bertz CT molecular complexity index is 226. The summed E-state index contributed by atoms with van der Waals surface area (Å²) in [6.07, 6.45) is 2.51. The fourth-order valence-electron chi connectivity index (χ4n) is 1.70. The van der Waals surface area contributed by atoms with Crippen LogP contribution in [0.15, 0.2) is 12.2 Å². The van der Waals surface area contributed by atoms with Crippen LogP contribution in [0.3, 0.4) is 0 Å². The SMILES string of the molecule is C=C(C)CCC(=O)N1CCC(NC)C1.CC. The first-order valence-electron chi connectivity index (χ1n) is 6.23. The fourth-order valence-corrected chi connectivity index (χ4v) is 1.70. The Hall–Kier alpha value is -0.830.